The van der Waals surface area contributed by atoms with E-state index in [2.05, 4.69) is 134 Å². The first kappa shape index (κ1) is 24.4. The van der Waals surface area contributed by atoms with Crippen LogP contribution >= 0.6 is 0 Å². The van der Waals surface area contributed by atoms with Gasteiger partial charge in [-0.1, -0.05) is 111 Å². The van der Waals surface area contributed by atoms with Crippen molar-refractivity contribution in [2.75, 3.05) is 4.90 Å². The van der Waals surface area contributed by atoms with Gasteiger partial charge in [0.2, 0.25) is 0 Å². The number of fused-ring (bicyclic) bond motifs is 10. The molecular formula is C40H28N2. The fourth-order valence-electron chi connectivity index (χ4n) is 7.21. The van der Waals surface area contributed by atoms with Crippen molar-refractivity contribution in [2.45, 2.75) is 19.3 Å². The molecule has 0 heterocycles. The predicted octanol–water partition coefficient (Wildman–Crippen LogP) is 10.8. The Morgan fingerprint density at radius 3 is 1.76 bits per heavy atom. The lowest BCUT2D eigenvalue weighted by Gasteiger charge is -2.30. The van der Waals surface area contributed by atoms with Crippen LogP contribution in [0.1, 0.15) is 30.5 Å². The Hall–Kier alpha value is -5.39. The lowest BCUT2D eigenvalue weighted by Crippen LogP contribution is -2.17. The van der Waals surface area contributed by atoms with Gasteiger partial charge in [0, 0.05) is 22.2 Å². The van der Waals surface area contributed by atoms with Crippen LogP contribution in [0.5, 0.6) is 0 Å². The molecule has 0 unspecified atom stereocenters. The van der Waals surface area contributed by atoms with E-state index in [4.69, 9.17) is 0 Å². The molecule has 0 atom stereocenters. The standard InChI is InChI=1S/C40H28N2/c1-40(2)35-24-36(42(27-14-4-3-5-15-27)28-16-12-13-26(23-28)25-41)31-19-8-10-21-33(31)37(35)38-32-20-9-6-17-29(32)30-18-7-11-22-34(30)39(38)40/h3-24H,1-2H3. The first-order chi connectivity index (χ1) is 20.6. The lowest BCUT2D eigenvalue weighted by atomic mass is 9.79. The molecule has 7 aromatic rings. The van der Waals surface area contributed by atoms with Gasteiger partial charge in [-0.05, 0) is 85.6 Å². The Kier molecular flexibility index (Phi) is 5.27. The topological polar surface area (TPSA) is 27.0 Å². The summed E-state index contributed by atoms with van der Waals surface area (Å²) in [4.78, 5) is 2.30. The fourth-order valence-corrected chi connectivity index (χ4v) is 7.21. The van der Waals surface area contributed by atoms with E-state index < -0.39 is 0 Å². The van der Waals surface area contributed by atoms with E-state index in [1.165, 1.54) is 54.6 Å². The summed E-state index contributed by atoms with van der Waals surface area (Å²) < 4.78 is 0. The number of nitrogens with zero attached hydrogens (tertiary/aromatic N) is 2. The van der Waals surface area contributed by atoms with Crippen molar-refractivity contribution in [3.05, 3.63) is 150 Å². The third kappa shape index (κ3) is 3.38. The third-order valence-electron chi connectivity index (χ3n) is 8.99. The van der Waals surface area contributed by atoms with E-state index in [1.54, 1.807) is 0 Å². The first-order valence-corrected chi connectivity index (χ1v) is 14.4. The van der Waals surface area contributed by atoms with Crippen molar-refractivity contribution in [3.63, 3.8) is 0 Å². The molecule has 2 nitrogen and oxygen atoms in total. The van der Waals surface area contributed by atoms with E-state index in [-0.39, 0.29) is 5.41 Å². The molecule has 0 aromatic heterocycles. The number of benzene rings is 7. The van der Waals surface area contributed by atoms with Crippen molar-refractivity contribution >= 4 is 49.4 Å². The highest BCUT2D eigenvalue weighted by Crippen LogP contribution is 2.58. The van der Waals surface area contributed by atoms with Crippen LogP contribution in [0, 0.1) is 11.3 Å². The second-order valence-corrected chi connectivity index (χ2v) is 11.7. The normalized spacial score (nSPS) is 13.2. The fraction of sp³-hybridized carbons (Fsp3) is 0.0750. The number of para-hydroxylation sites is 1. The number of rotatable bonds is 3. The monoisotopic (exact) mass is 536 g/mol. The maximum atomic E-state index is 9.76. The number of hydrogen-bond acceptors (Lipinski definition) is 2. The van der Waals surface area contributed by atoms with Gasteiger partial charge in [-0.15, -0.1) is 0 Å². The molecule has 2 heteroatoms. The highest BCUT2D eigenvalue weighted by atomic mass is 15.1. The second-order valence-electron chi connectivity index (χ2n) is 11.7. The van der Waals surface area contributed by atoms with Crippen LogP contribution in [0.2, 0.25) is 0 Å². The summed E-state index contributed by atoms with van der Waals surface area (Å²) >= 11 is 0. The molecule has 0 fully saturated rings. The minimum Gasteiger partial charge on any atom is -0.310 e. The van der Waals surface area contributed by atoms with Crippen molar-refractivity contribution in [3.8, 4) is 17.2 Å². The summed E-state index contributed by atoms with van der Waals surface area (Å²) in [6.45, 7) is 4.75. The lowest BCUT2D eigenvalue weighted by molar-refractivity contribution is 0.667. The zero-order chi connectivity index (χ0) is 28.4. The predicted molar refractivity (Wildman–Crippen MR) is 176 cm³/mol. The van der Waals surface area contributed by atoms with Gasteiger partial charge in [0.15, 0.2) is 0 Å². The first-order valence-electron chi connectivity index (χ1n) is 14.4. The van der Waals surface area contributed by atoms with E-state index in [0.29, 0.717) is 5.56 Å². The molecule has 0 N–H and O–H groups in total. The third-order valence-corrected chi connectivity index (χ3v) is 8.99. The van der Waals surface area contributed by atoms with Crippen LogP contribution < -0.4 is 4.90 Å². The average Bonchev–Trinajstić information content (AvgIpc) is 3.29. The molecule has 0 spiro atoms. The van der Waals surface area contributed by atoms with Crippen LogP contribution in [0.15, 0.2) is 133 Å². The summed E-state index contributed by atoms with van der Waals surface area (Å²) in [6, 6.07) is 49.7. The van der Waals surface area contributed by atoms with Gasteiger partial charge < -0.3 is 4.90 Å². The van der Waals surface area contributed by atoms with Crippen LogP contribution in [-0.4, -0.2) is 0 Å². The molecule has 42 heavy (non-hydrogen) atoms. The molecule has 0 amide bonds. The van der Waals surface area contributed by atoms with Crippen molar-refractivity contribution in [1.29, 1.82) is 5.26 Å². The summed E-state index contributed by atoms with van der Waals surface area (Å²) in [5, 5.41) is 17.4. The van der Waals surface area contributed by atoms with Gasteiger partial charge in [0.25, 0.3) is 0 Å². The number of anilines is 3. The number of nitriles is 1. The van der Waals surface area contributed by atoms with E-state index in [0.717, 1.165) is 17.1 Å². The Bertz CT molecular complexity index is 2240. The maximum Gasteiger partial charge on any atom is 0.0992 e. The SMILES string of the molecule is CC1(C)c2cc(N(c3ccccc3)c3cccc(C#N)c3)c3ccccc3c2-c2c1c1ccccc1c1ccccc21. The van der Waals surface area contributed by atoms with Crippen LogP contribution in [0.4, 0.5) is 17.1 Å². The Labute approximate surface area is 245 Å². The molecule has 0 saturated heterocycles. The number of hydrogen-bond donors (Lipinski definition) is 0. The zero-order valence-corrected chi connectivity index (χ0v) is 23.6. The van der Waals surface area contributed by atoms with Gasteiger partial charge in [-0.2, -0.15) is 5.26 Å². The van der Waals surface area contributed by atoms with Gasteiger partial charge in [0.1, 0.15) is 0 Å². The minimum atomic E-state index is -0.232. The largest absolute Gasteiger partial charge is 0.310 e. The quantitative estimate of drug-likeness (QED) is 0.210. The molecule has 8 rings (SSSR count). The van der Waals surface area contributed by atoms with Crippen LogP contribution in [0.25, 0.3) is 43.4 Å². The van der Waals surface area contributed by atoms with Crippen LogP contribution in [-0.2, 0) is 5.41 Å². The van der Waals surface area contributed by atoms with E-state index in [1.807, 2.05) is 24.3 Å². The summed E-state index contributed by atoms with van der Waals surface area (Å²) in [5.41, 5.74) is 8.95. The molecular weight excluding hydrogens is 508 g/mol. The van der Waals surface area contributed by atoms with Gasteiger partial charge in [0.05, 0.1) is 17.3 Å². The molecule has 0 aliphatic heterocycles. The molecule has 198 valence electrons. The molecule has 1 aliphatic rings. The maximum absolute atomic E-state index is 9.76. The summed E-state index contributed by atoms with van der Waals surface area (Å²) in [7, 11) is 0. The van der Waals surface area contributed by atoms with Crippen molar-refractivity contribution in [2.24, 2.45) is 0 Å². The summed E-state index contributed by atoms with van der Waals surface area (Å²) in [6.07, 6.45) is 0. The van der Waals surface area contributed by atoms with Crippen LogP contribution in [0.3, 0.4) is 0 Å². The zero-order valence-electron chi connectivity index (χ0n) is 23.6. The summed E-state index contributed by atoms with van der Waals surface area (Å²) in [5.74, 6) is 0. The Morgan fingerprint density at radius 2 is 1.07 bits per heavy atom. The molecule has 0 bridgehead atoms. The Morgan fingerprint density at radius 1 is 0.524 bits per heavy atom. The van der Waals surface area contributed by atoms with Gasteiger partial charge in [-0.25, -0.2) is 0 Å². The van der Waals surface area contributed by atoms with Crippen molar-refractivity contribution < 1.29 is 0 Å². The highest BCUT2D eigenvalue weighted by molar-refractivity contribution is 6.22. The second kappa shape index (κ2) is 9.06. The minimum absolute atomic E-state index is 0.232. The average molecular weight is 537 g/mol. The van der Waals surface area contributed by atoms with E-state index >= 15 is 0 Å². The van der Waals surface area contributed by atoms with Crippen molar-refractivity contribution in [1.82, 2.24) is 0 Å². The molecule has 0 radical (unpaired) electrons. The van der Waals surface area contributed by atoms with Gasteiger partial charge >= 0.3 is 0 Å². The van der Waals surface area contributed by atoms with Gasteiger partial charge in [-0.3, -0.25) is 0 Å². The Balaban J connectivity index is 1.52. The molecule has 0 saturated carbocycles. The molecule has 1 aliphatic carbocycles. The van der Waals surface area contributed by atoms with E-state index in [9.17, 15) is 5.26 Å². The smallest absolute Gasteiger partial charge is 0.0992 e. The highest BCUT2D eigenvalue weighted by Gasteiger charge is 2.40. The molecule has 7 aromatic carbocycles.